The number of hydrogen-bond acceptors (Lipinski definition) is 4. The molecule has 114 valence electrons. The predicted octanol–water partition coefficient (Wildman–Crippen LogP) is 0.747. The van der Waals surface area contributed by atoms with Gasteiger partial charge in [0.2, 0.25) is 10.0 Å². The number of nitrogens with one attached hydrogen (secondary N) is 1. The van der Waals surface area contributed by atoms with E-state index in [1.54, 1.807) is 0 Å². The van der Waals surface area contributed by atoms with Crippen LogP contribution in [-0.2, 0) is 14.8 Å². The summed E-state index contributed by atoms with van der Waals surface area (Å²) in [7, 11) is -3.37. The number of sulfonamides is 1. The van der Waals surface area contributed by atoms with Crippen LogP contribution < -0.4 is 4.72 Å². The number of amides is 1. The summed E-state index contributed by atoms with van der Waals surface area (Å²) in [5.74, 6) is -1.36. The molecule has 1 heterocycles. The van der Waals surface area contributed by atoms with Crippen molar-refractivity contribution in [1.82, 2.24) is 4.90 Å². The van der Waals surface area contributed by atoms with Crippen molar-refractivity contribution in [3.8, 4) is 0 Å². The van der Waals surface area contributed by atoms with Gasteiger partial charge in [-0.3, -0.25) is 9.52 Å². The van der Waals surface area contributed by atoms with Crippen LogP contribution in [0.1, 0.15) is 23.2 Å². The third kappa shape index (κ3) is 3.72. The Labute approximate surface area is 122 Å². The largest absolute Gasteiger partial charge is 0.480 e. The number of benzene rings is 1. The summed E-state index contributed by atoms with van der Waals surface area (Å²) >= 11 is 0. The summed E-state index contributed by atoms with van der Waals surface area (Å²) in [6, 6.07) is 5.12. The van der Waals surface area contributed by atoms with Gasteiger partial charge in [0, 0.05) is 17.8 Å². The Bertz CT molecular complexity index is 654. The van der Waals surface area contributed by atoms with Crippen molar-refractivity contribution in [3.05, 3.63) is 29.8 Å². The maximum atomic E-state index is 12.3. The highest BCUT2D eigenvalue weighted by atomic mass is 32.2. The standard InChI is InChI=1S/C13H16N2O5S/c1-21(19,20)14-10-6-4-9(5-7-10)12(16)15-8-2-3-11(15)13(17)18/h4-7,11,14H,2-3,8H2,1H3,(H,17,18)/t11-/m1/s1. The van der Waals surface area contributed by atoms with E-state index in [0.29, 0.717) is 30.6 Å². The highest BCUT2D eigenvalue weighted by Gasteiger charge is 2.34. The van der Waals surface area contributed by atoms with Gasteiger partial charge in [-0.2, -0.15) is 0 Å². The second kappa shape index (κ2) is 5.72. The summed E-state index contributed by atoms with van der Waals surface area (Å²) in [6.07, 6.45) is 2.15. The summed E-state index contributed by atoms with van der Waals surface area (Å²) in [4.78, 5) is 24.7. The summed E-state index contributed by atoms with van der Waals surface area (Å²) in [6.45, 7) is 0.416. The molecule has 1 atom stereocenters. The molecule has 2 rings (SSSR count). The second-order valence-electron chi connectivity index (χ2n) is 4.95. The molecule has 1 aliphatic rings. The average molecular weight is 312 g/mol. The molecule has 1 aromatic carbocycles. The van der Waals surface area contributed by atoms with Crippen LogP contribution in [0.3, 0.4) is 0 Å². The minimum atomic E-state index is -3.37. The minimum Gasteiger partial charge on any atom is -0.480 e. The lowest BCUT2D eigenvalue weighted by Crippen LogP contribution is -2.40. The first kappa shape index (κ1) is 15.3. The van der Waals surface area contributed by atoms with E-state index < -0.39 is 22.0 Å². The number of hydrogen-bond donors (Lipinski definition) is 2. The molecule has 1 aliphatic heterocycles. The molecule has 0 aromatic heterocycles. The van der Waals surface area contributed by atoms with E-state index in [1.807, 2.05) is 0 Å². The number of nitrogens with zero attached hydrogens (tertiary/aromatic N) is 1. The fourth-order valence-electron chi connectivity index (χ4n) is 2.33. The molecule has 0 spiro atoms. The number of carboxylic acid groups (broad SMARTS) is 1. The van der Waals surface area contributed by atoms with Crippen molar-refractivity contribution in [3.63, 3.8) is 0 Å². The van der Waals surface area contributed by atoms with E-state index in [9.17, 15) is 18.0 Å². The quantitative estimate of drug-likeness (QED) is 0.853. The molecular weight excluding hydrogens is 296 g/mol. The van der Waals surface area contributed by atoms with Crippen LogP contribution in [0.4, 0.5) is 5.69 Å². The van der Waals surface area contributed by atoms with Gasteiger partial charge in [0.25, 0.3) is 5.91 Å². The molecule has 21 heavy (non-hydrogen) atoms. The van der Waals surface area contributed by atoms with E-state index in [1.165, 1.54) is 29.2 Å². The molecule has 0 aliphatic carbocycles. The monoisotopic (exact) mass is 312 g/mol. The summed E-state index contributed by atoms with van der Waals surface area (Å²) < 4.78 is 24.5. The van der Waals surface area contributed by atoms with Gasteiger partial charge >= 0.3 is 5.97 Å². The van der Waals surface area contributed by atoms with E-state index in [-0.39, 0.29) is 5.91 Å². The van der Waals surface area contributed by atoms with Crippen molar-refractivity contribution in [1.29, 1.82) is 0 Å². The normalized spacial score (nSPS) is 18.5. The number of anilines is 1. The molecule has 1 fully saturated rings. The molecular formula is C13H16N2O5S. The highest BCUT2D eigenvalue weighted by Crippen LogP contribution is 2.21. The van der Waals surface area contributed by atoms with Gasteiger partial charge in [-0.15, -0.1) is 0 Å². The van der Waals surface area contributed by atoms with Crippen LogP contribution in [0.2, 0.25) is 0 Å². The lowest BCUT2D eigenvalue weighted by molar-refractivity contribution is -0.141. The fourth-order valence-corrected chi connectivity index (χ4v) is 2.89. The minimum absolute atomic E-state index is 0.335. The number of aliphatic carboxylic acids is 1. The zero-order valence-corrected chi connectivity index (χ0v) is 12.3. The van der Waals surface area contributed by atoms with Gasteiger partial charge < -0.3 is 10.0 Å². The summed E-state index contributed by atoms with van der Waals surface area (Å²) in [5.41, 5.74) is 0.687. The Morgan fingerprint density at radius 2 is 1.90 bits per heavy atom. The smallest absolute Gasteiger partial charge is 0.326 e. The summed E-state index contributed by atoms with van der Waals surface area (Å²) in [5, 5.41) is 9.08. The van der Waals surface area contributed by atoms with E-state index in [2.05, 4.69) is 4.72 Å². The SMILES string of the molecule is CS(=O)(=O)Nc1ccc(C(=O)N2CCC[C@@H]2C(=O)O)cc1. The molecule has 2 N–H and O–H groups in total. The van der Waals surface area contributed by atoms with Crippen LogP contribution in [-0.4, -0.2) is 49.1 Å². The Hall–Kier alpha value is -2.09. The van der Waals surface area contributed by atoms with E-state index in [0.717, 1.165) is 6.26 Å². The predicted molar refractivity (Wildman–Crippen MR) is 76.6 cm³/mol. The molecule has 8 heteroatoms. The Balaban J connectivity index is 2.15. The third-order valence-electron chi connectivity index (χ3n) is 3.23. The molecule has 0 unspecified atom stereocenters. The number of rotatable bonds is 4. The molecule has 1 saturated heterocycles. The lowest BCUT2D eigenvalue weighted by Gasteiger charge is -2.21. The molecule has 7 nitrogen and oxygen atoms in total. The second-order valence-corrected chi connectivity index (χ2v) is 6.69. The van der Waals surface area contributed by atoms with Gasteiger partial charge in [0.1, 0.15) is 6.04 Å². The van der Waals surface area contributed by atoms with Crippen molar-refractivity contribution in [2.75, 3.05) is 17.5 Å². The van der Waals surface area contributed by atoms with Crippen LogP contribution in [0.25, 0.3) is 0 Å². The maximum Gasteiger partial charge on any atom is 0.326 e. The molecule has 0 radical (unpaired) electrons. The zero-order chi connectivity index (χ0) is 15.6. The van der Waals surface area contributed by atoms with Gasteiger partial charge in [-0.1, -0.05) is 0 Å². The fraction of sp³-hybridized carbons (Fsp3) is 0.385. The van der Waals surface area contributed by atoms with Crippen molar-refractivity contribution in [2.24, 2.45) is 0 Å². The van der Waals surface area contributed by atoms with Gasteiger partial charge in [-0.25, -0.2) is 13.2 Å². The van der Waals surface area contributed by atoms with Crippen LogP contribution in [0.15, 0.2) is 24.3 Å². The third-order valence-corrected chi connectivity index (χ3v) is 3.84. The average Bonchev–Trinajstić information content (AvgIpc) is 2.86. The lowest BCUT2D eigenvalue weighted by atomic mass is 10.1. The van der Waals surface area contributed by atoms with Gasteiger partial charge in [0.05, 0.1) is 6.26 Å². The van der Waals surface area contributed by atoms with Crippen LogP contribution >= 0.6 is 0 Å². The number of carbonyl (C=O) groups excluding carboxylic acids is 1. The zero-order valence-electron chi connectivity index (χ0n) is 11.4. The van der Waals surface area contributed by atoms with Crippen molar-refractivity contribution in [2.45, 2.75) is 18.9 Å². The maximum absolute atomic E-state index is 12.3. The number of likely N-dealkylation sites (tertiary alicyclic amines) is 1. The van der Waals surface area contributed by atoms with Crippen LogP contribution in [0.5, 0.6) is 0 Å². The Morgan fingerprint density at radius 3 is 2.43 bits per heavy atom. The topological polar surface area (TPSA) is 104 Å². The van der Waals surface area contributed by atoms with E-state index >= 15 is 0 Å². The van der Waals surface area contributed by atoms with Gasteiger partial charge in [-0.05, 0) is 37.1 Å². The first-order valence-electron chi connectivity index (χ1n) is 6.39. The Kier molecular flexibility index (Phi) is 4.17. The van der Waals surface area contributed by atoms with Crippen molar-refractivity contribution >= 4 is 27.6 Å². The van der Waals surface area contributed by atoms with Crippen LogP contribution in [0, 0.1) is 0 Å². The van der Waals surface area contributed by atoms with Gasteiger partial charge in [0.15, 0.2) is 0 Å². The van der Waals surface area contributed by atoms with E-state index in [4.69, 9.17) is 5.11 Å². The molecule has 1 amide bonds. The number of carboxylic acids is 1. The Morgan fingerprint density at radius 1 is 1.29 bits per heavy atom. The first-order valence-corrected chi connectivity index (χ1v) is 8.29. The molecule has 1 aromatic rings. The molecule has 0 bridgehead atoms. The molecule has 0 saturated carbocycles. The number of carbonyl (C=O) groups is 2. The first-order chi connectivity index (χ1) is 9.78. The highest BCUT2D eigenvalue weighted by molar-refractivity contribution is 7.92. The van der Waals surface area contributed by atoms with Crippen molar-refractivity contribution < 1.29 is 23.1 Å².